The summed E-state index contributed by atoms with van der Waals surface area (Å²) in [5, 5.41) is 13.3. The Balaban J connectivity index is 1.61. The van der Waals surface area contributed by atoms with Crippen LogP contribution in [-0.4, -0.2) is 40.2 Å². The highest BCUT2D eigenvalue weighted by Gasteiger charge is 2.47. The second-order valence-electron chi connectivity index (χ2n) is 7.33. The van der Waals surface area contributed by atoms with E-state index in [1.54, 1.807) is 6.92 Å². The molecule has 148 valence electrons. The van der Waals surface area contributed by atoms with Crippen molar-refractivity contribution < 1.29 is 19.4 Å². The molecule has 0 bridgehead atoms. The van der Waals surface area contributed by atoms with Crippen molar-refractivity contribution in [1.29, 1.82) is 0 Å². The van der Waals surface area contributed by atoms with Crippen molar-refractivity contribution in [3.63, 3.8) is 0 Å². The van der Waals surface area contributed by atoms with Crippen LogP contribution in [0.25, 0.3) is 0 Å². The number of amides is 1. The Hall–Kier alpha value is -2.86. The third-order valence-electron chi connectivity index (χ3n) is 5.26. The lowest BCUT2D eigenvalue weighted by Gasteiger charge is -2.44. The molecule has 1 fully saturated rings. The van der Waals surface area contributed by atoms with Crippen LogP contribution in [-0.2, 0) is 22.7 Å². The van der Waals surface area contributed by atoms with E-state index in [2.05, 4.69) is 5.32 Å². The van der Waals surface area contributed by atoms with E-state index in [4.69, 9.17) is 4.74 Å². The van der Waals surface area contributed by atoms with E-state index in [0.717, 1.165) is 11.1 Å². The molecule has 1 amide bonds. The molecule has 2 unspecified atom stereocenters. The number of piperidine rings is 1. The first-order chi connectivity index (χ1) is 13.5. The number of rotatable bonds is 6. The lowest BCUT2D eigenvalue weighted by atomic mass is 9.85. The van der Waals surface area contributed by atoms with Crippen molar-refractivity contribution >= 4 is 12.1 Å². The molecule has 2 aromatic rings. The molecule has 1 heterocycles. The van der Waals surface area contributed by atoms with Gasteiger partial charge in [-0.25, -0.2) is 9.59 Å². The molecular formula is C22H26N2O4. The molecule has 2 aromatic carbocycles. The van der Waals surface area contributed by atoms with Crippen LogP contribution in [0.2, 0.25) is 0 Å². The molecule has 3 rings (SSSR count). The first-order valence-electron chi connectivity index (χ1n) is 9.48. The topological polar surface area (TPSA) is 78.9 Å². The van der Waals surface area contributed by atoms with E-state index >= 15 is 0 Å². The number of ether oxygens (including phenoxy) is 1. The van der Waals surface area contributed by atoms with Gasteiger partial charge in [-0.15, -0.1) is 0 Å². The van der Waals surface area contributed by atoms with Gasteiger partial charge in [-0.2, -0.15) is 0 Å². The first kappa shape index (κ1) is 19.9. The SMILES string of the molecule is CC1(C(=O)O)CC(NCc2ccccc2)CCN1C(=O)OCc1ccccc1. The van der Waals surface area contributed by atoms with Crippen LogP contribution in [0.4, 0.5) is 4.79 Å². The number of nitrogens with zero attached hydrogens (tertiary/aromatic N) is 1. The summed E-state index contributed by atoms with van der Waals surface area (Å²) in [5.41, 5.74) is 0.705. The summed E-state index contributed by atoms with van der Waals surface area (Å²) >= 11 is 0. The van der Waals surface area contributed by atoms with E-state index in [-0.39, 0.29) is 12.6 Å². The smallest absolute Gasteiger partial charge is 0.411 e. The van der Waals surface area contributed by atoms with E-state index < -0.39 is 17.6 Å². The Kier molecular flexibility index (Phi) is 6.31. The van der Waals surface area contributed by atoms with Crippen LogP contribution in [0.15, 0.2) is 60.7 Å². The molecule has 0 aromatic heterocycles. The fourth-order valence-corrected chi connectivity index (χ4v) is 3.55. The molecular weight excluding hydrogens is 356 g/mol. The Labute approximate surface area is 165 Å². The number of nitrogens with one attached hydrogen (secondary N) is 1. The van der Waals surface area contributed by atoms with Crippen molar-refractivity contribution in [3.05, 3.63) is 71.8 Å². The monoisotopic (exact) mass is 382 g/mol. The average Bonchev–Trinajstić information content (AvgIpc) is 2.72. The highest BCUT2D eigenvalue weighted by Crippen LogP contribution is 2.29. The van der Waals surface area contributed by atoms with Crippen molar-refractivity contribution in [2.45, 2.75) is 44.5 Å². The molecule has 1 aliphatic rings. The molecule has 0 spiro atoms. The largest absolute Gasteiger partial charge is 0.480 e. The van der Waals surface area contributed by atoms with Crippen molar-refractivity contribution in [3.8, 4) is 0 Å². The average molecular weight is 382 g/mol. The quantitative estimate of drug-likeness (QED) is 0.800. The fourth-order valence-electron chi connectivity index (χ4n) is 3.55. The maximum Gasteiger partial charge on any atom is 0.411 e. The molecule has 2 atom stereocenters. The number of likely N-dealkylation sites (tertiary alicyclic amines) is 1. The summed E-state index contributed by atoms with van der Waals surface area (Å²) in [6.07, 6.45) is 0.418. The fraction of sp³-hybridized carbons (Fsp3) is 0.364. The van der Waals surface area contributed by atoms with Gasteiger partial charge in [0.1, 0.15) is 12.1 Å². The predicted molar refractivity (Wildman–Crippen MR) is 106 cm³/mol. The molecule has 1 aliphatic heterocycles. The van der Waals surface area contributed by atoms with Gasteiger partial charge in [0, 0.05) is 19.1 Å². The van der Waals surface area contributed by atoms with Crippen LogP contribution in [0.1, 0.15) is 30.9 Å². The molecule has 28 heavy (non-hydrogen) atoms. The number of benzene rings is 2. The van der Waals surface area contributed by atoms with Crippen LogP contribution < -0.4 is 5.32 Å². The summed E-state index contributed by atoms with van der Waals surface area (Å²) in [6.45, 7) is 2.72. The predicted octanol–water partition coefficient (Wildman–Crippen LogP) is 3.42. The number of carboxylic acid groups (broad SMARTS) is 1. The Morgan fingerprint density at radius 1 is 1.11 bits per heavy atom. The highest BCUT2D eigenvalue weighted by molar-refractivity contribution is 5.84. The van der Waals surface area contributed by atoms with Gasteiger partial charge in [0.2, 0.25) is 0 Å². The lowest BCUT2D eigenvalue weighted by Crippen LogP contribution is -2.62. The van der Waals surface area contributed by atoms with Crippen molar-refractivity contribution in [1.82, 2.24) is 10.2 Å². The minimum absolute atomic E-state index is 0.0134. The number of aliphatic carboxylic acids is 1. The van der Waals surface area contributed by atoms with Gasteiger partial charge >= 0.3 is 12.1 Å². The summed E-state index contributed by atoms with van der Waals surface area (Å²) in [7, 11) is 0. The summed E-state index contributed by atoms with van der Waals surface area (Å²) in [4.78, 5) is 26.0. The molecule has 0 aliphatic carbocycles. The van der Waals surface area contributed by atoms with Crippen molar-refractivity contribution in [2.24, 2.45) is 0 Å². The van der Waals surface area contributed by atoms with Crippen LogP contribution >= 0.6 is 0 Å². The maximum absolute atomic E-state index is 12.6. The molecule has 6 heteroatoms. The van der Waals surface area contributed by atoms with Crippen LogP contribution in [0.5, 0.6) is 0 Å². The minimum Gasteiger partial charge on any atom is -0.480 e. The summed E-state index contributed by atoms with van der Waals surface area (Å²) in [5.74, 6) is -1.02. The van der Waals surface area contributed by atoms with Gasteiger partial charge in [-0.1, -0.05) is 60.7 Å². The summed E-state index contributed by atoms with van der Waals surface area (Å²) in [6, 6.07) is 19.3. The number of hydrogen-bond donors (Lipinski definition) is 2. The van der Waals surface area contributed by atoms with Crippen LogP contribution in [0, 0.1) is 0 Å². The van der Waals surface area contributed by atoms with E-state index in [1.165, 1.54) is 4.90 Å². The Morgan fingerprint density at radius 3 is 2.32 bits per heavy atom. The zero-order valence-electron chi connectivity index (χ0n) is 16.0. The number of carboxylic acids is 1. The van der Waals surface area contributed by atoms with Gasteiger partial charge in [0.15, 0.2) is 0 Å². The van der Waals surface area contributed by atoms with Gasteiger partial charge in [0.25, 0.3) is 0 Å². The van der Waals surface area contributed by atoms with Gasteiger partial charge < -0.3 is 15.2 Å². The second kappa shape index (κ2) is 8.89. The van der Waals surface area contributed by atoms with E-state index in [0.29, 0.717) is 25.9 Å². The standard InChI is InChI=1S/C22H26N2O4/c1-22(20(25)26)14-19(23-15-17-8-4-2-5-9-17)12-13-24(22)21(27)28-16-18-10-6-3-7-11-18/h2-11,19,23H,12-16H2,1H3,(H,25,26). The molecule has 2 N–H and O–H groups in total. The van der Waals surface area contributed by atoms with Gasteiger partial charge in [0.05, 0.1) is 0 Å². The third-order valence-corrected chi connectivity index (χ3v) is 5.26. The van der Waals surface area contributed by atoms with Gasteiger partial charge in [-0.3, -0.25) is 4.90 Å². The van der Waals surface area contributed by atoms with Crippen molar-refractivity contribution in [2.75, 3.05) is 6.54 Å². The Morgan fingerprint density at radius 2 is 1.71 bits per heavy atom. The van der Waals surface area contributed by atoms with E-state index in [1.807, 2.05) is 60.7 Å². The maximum atomic E-state index is 12.6. The zero-order valence-corrected chi connectivity index (χ0v) is 16.0. The highest BCUT2D eigenvalue weighted by atomic mass is 16.6. The van der Waals surface area contributed by atoms with Crippen LogP contribution in [0.3, 0.4) is 0 Å². The molecule has 1 saturated heterocycles. The van der Waals surface area contributed by atoms with Gasteiger partial charge in [-0.05, 0) is 30.9 Å². The summed E-state index contributed by atoms with van der Waals surface area (Å²) < 4.78 is 5.38. The minimum atomic E-state index is -1.31. The normalized spacial score (nSPS) is 21.9. The third kappa shape index (κ3) is 4.70. The molecule has 6 nitrogen and oxygen atoms in total. The zero-order chi connectivity index (χ0) is 20.0. The number of carbonyl (C=O) groups is 2. The lowest BCUT2D eigenvalue weighted by molar-refractivity contribution is -0.152. The molecule has 0 radical (unpaired) electrons. The second-order valence-corrected chi connectivity index (χ2v) is 7.33. The van der Waals surface area contributed by atoms with E-state index in [9.17, 15) is 14.7 Å². The molecule has 0 saturated carbocycles. The first-order valence-corrected chi connectivity index (χ1v) is 9.48. The number of carbonyl (C=O) groups excluding carboxylic acids is 1. The Bertz CT molecular complexity index is 797. The number of hydrogen-bond acceptors (Lipinski definition) is 4.